The number of hydrogen-bond acceptors (Lipinski definition) is 3. The smallest absolute Gasteiger partial charge is 0.303 e. The van der Waals surface area contributed by atoms with E-state index in [-0.39, 0.29) is 12.5 Å². The second-order valence-electron chi connectivity index (χ2n) is 2.37. The SMILES string of the molecule is CNC(CCC(=O)O)COC. The Bertz CT molecular complexity index is 116. The molecule has 0 aliphatic rings. The maximum absolute atomic E-state index is 10.2. The van der Waals surface area contributed by atoms with Crippen molar-refractivity contribution in [1.82, 2.24) is 5.32 Å². The highest BCUT2D eigenvalue weighted by molar-refractivity contribution is 5.66. The molecule has 0 radical (unpaired) electrons. The van der Waals surface area contributed by atoms with Gasteiger partial charge in [0, 0.05) is 19.6 Å². The summed E-state index contributed by atoms with van der Waals surface area (Å²) in [6, 6.07) is 0.149. The monoisotopic (exact) mass is 161 g/mol. The Morgan fingerprint density at radius 1 is 1.73 bits per heavy atom. The fourth-order valence-electron chi connectivity index (χ4n) is 0.810. The Balaban J connectivity index is 3.43. The zero-order valence-electron chi connectivity index (χ0n) is 6.96. The van der Waals surface area contributed by atoms with Gasteiger partial charge in [-0.1, -0.05) is 0 Å². The molecule has 1 atom stereocenters. The summed E-state index contributed by atoms with van der Waals surface area (Å²) in [6.45, 7) is 0.559. The molecule has 0 rings (SSSR count). The molecule has 0 aliphatic carbocycles. The van der Waals surface area contributed by atoms with Gasteiger partial charge in [-0.15, -0.1) is 0 Å². The summed E-state index contributed by atoms with van der Waals surface area (Å²) < 4.78 is 4.87. The van der Waals surface area contributed by atoms with Crippen molar-refractivity contribution in [3.63, 3.8) is 0 Å². The molecule has 0 aromatic carbocycles. The number of hydrogen-bond donors (Lipinski definition) is 2. The molecular formula is C7H15NO3. The first kappa shape index (κ1) is 10.4. The number of methoxy groups -OCH3 is 1. The quantitative estimate of drug-likeness (QED) is 0.579. The van der Waals surface area contributed by atoms with Crippen LogP contribution in [0.4, 0.5) is 0 Å². The van der Waals surface area contributed by atoms with Crippen molar-refractivity contribution in [3.05, 3.63) is 0 Å². The molecule has 11 heavy (non-hydrogen) atoms. The summed E-state index contributed by atoms with van der Waals surface area (Å²) in [6.07, 6.45) is 0.800. The number of aliphatic carboxylic acids is 1. The van der Waals surface area contributed by atoms with Gasteiger partial charge in [-0.25, -0.2) is 0 Å². The van der Waals surface area contributed by atoms with Crippen LogP contribution < -0.4 is 5.32 Å². The molecule has 4 nitrogen and oxygen atoms in total. The van der Waals surface area contributed by atoms with Crippen molar-refractivity contribution in [1.29, 1.82) is 0 Å². The Morgan fingerprint density at radius 2 is 2.36 bits per heavy atom. The molecule has 1 unspecified atom stereocenters. The van der Waals surface area contributed by atoms with Crippen LogP contribution in [0, 0.1) is 0 Å². The minimum Gasteiger partial charge on any atom is -0.481 e. The van der Waals surface area contributed by atoms with E-state index >= 15 is 0 Å². The van der Waals surface area contributed by atoms with Gasteiger partial charge in [0.25, 0.3) is 0 Å². The maximum atomic E-state index is 10.2. The van der Waals surface area contributed by atoms with Gasteiger partial charge >= 0.3 is 5.97 Å². The molecule has 0 aromatic rings. The van der Waals surface area contributed by atoms with Crippen molar-refractivity contribution < 1.29 is 14.6 Å². The Morgan fingerprint density at radius 3 is 2.73 bits per heavy atom. The molecule has 0 bridgehead atoms. The van der Waals surface area contributed by atoms with E-state index in [1.807, 2.05) is 0 Å². The molecule has 0 heterocycles. The average molecular weight is 161 g/mol. The van der Waals surface area contributed by atoms with Crippen LogP contribution in [0.3, 0.4) is 0 Å². The Kier molecular flexibility index (Phi) is 5.78. The van der Waals surface area contributed by atoms with E-state index in [1.54, 1.807) is 14.2 Å². The zero-order valence-corrected chi connectivity index (χ0v) is 6.96. The first-order valence-corrected chi connectivity index (χ1v) is 3.58. The van der Waals surface area contributed by atoms with Gasteiger partial charge in [0.1, 0.15) is 0 Å². The van der Waals surface area contributed by atoms with Crippen LogP contribution in [-0.4, -0.2) is 37.9 Å². The molecule has 0 saturated carbocycles. The second kappa shape index (κ2) is 6.12. The average Bonchev–Trinajstić information content (AvgIpc) is 1.97. The summed E-state index contributed by atoms with van der Waals surface area (Å²) >= 11 is 0. The fraction of sp³-hybridized carbons (Fsp3) is 0.857. The van der Waals surface area contributed by atoms with Crippen LogP contribution >= 0.6 is 0 Å². The third-order valence-electron chi connectivity index (χ3n) is 1.48. The minimum atomic E-state index is -0.763. The number of carbonyl (C=O) groups is 1. The van der Waals surface area contributed by atoms with Crippen molar-refractivity contribution >= 4 is 5.97 Å². The largest absolute Gasteiger partial charge is 0.481 e. The Hall–Kier alpha value is -0.610. The first-order chi connectivity index (χ1) is 5.20. The summed E-state index contributed by atoms with van der Waals surface area (Å²) in [5.41, 5.74) is 0. The van der Waals surface area contributed by atoms with Crippen LogP contribution in [0.5, 0.6) is 0 Å². The molecule has 0 saturated heterocycles. The summed E-state index contributed by atoms with van der Waals surface area (Å²) in [7, 11) is 3.40. The number of carboxylic acids is 1. The predicted molar refractivity (Wildman–Crippen MR) is 41.6 cm³/mol. The molecule has 2 N–H and O–H groups in total. The second-order valence-corrected chi connectivity index (χ2v) is 2.37. The molecule has 66 valence electrons. The van der Waals surface area contributed by atoms with Crippen LogP contribution in [0.15, 0.2) is 0 Å². The van der Waals surface area contributed by atoms with Gasteiger partial charge in [0.2, 0.25) is 0 Å². The molecule has 0 amide bonds. The summed E-state index contributed by atoms with van der Waals surface area (Å²) in [5, 5.41) is 11.3. The topological polar surface area (TPSA) is 58.6 Å². The number of ether oxygens (including phenoxy) is 1. The van der Waals surface area contributed by atoms with Crippen LogP contribution in [0.25, 0.3) is 0 Å². The van der Waals surface area contributed by atoms with Gasteiger partial charge in [-0.05, 0) is 13.5 Å². The maximum Gasteiger partial charge on any atom is 0.303 e. The lowest BCUT2D eigenvalue weighted by atomic mass is 10.2. The van der Waals surface area contributed by atoms with Crippen LogP contribution in [0.1, 0.15) is 12.8 Å². The summed E-state index contributed by atoms with van der Waals surface area (Å²) in [5.74, 6) is -0.763. The number of carboxylic acid groups (broad SMARTS) is 1. The lowest BCUT2D eigenvalue weighted by Gasteiger charge is -2.12. The van der Waals surface area contributed by atoms with E-state index in [9.17, 15) is 4.79 Å². The van der Waals surface area contributed by atoms with E-state index in [4.69, 9.17) is 9.84 Å². The highest BCUT2D eigenvalue weighted by atomic mass is 16.5. The molecule has 0 aliphatic heterocycles. The van der Waals surface area contributed by atoms with E-state index < -0.39 is 5.97 Å². The lowest BCUT2D eigenvalue weighted by molar-refractivity contribution is -0.137. The predicted octanol–water partition coefficient (Wildman–Crippen LogP) is 0.0856. The van der Waals surface area contributed by atoms with E-state index in [2.05, 4.69) is 5.32 Å². The molecule has 0 aromatic heterocycles. The van der Waals surface area contributed by atoms with Gasteiger partial charge in [0.05, 0.1) is 6.61 Å². The Labute approximate surface area is 66.5 Å². The standard InChI is InChI=1S/C7H15NO3/c1-8-6(5-11-2)3-4-7(9)10/h6,8H,3-5H2,1-2H3,(H,9,10). The van der Waals surface area contributed by atoms with Gasteiger partial charge in [-0.3, -0.25) is 4.79 Å². The zero-order chi connectivity index (χ0) is 8.69. The molecule has 0 spiro atoms. The third-order valence-corrected chi connectivity index (χ3v) is 1.48. The number of rotatable bonds is 6. The summed E-state index contributed by atoms with van der Waals surface area (Å²) in [4.78, 5) is 10.2. The van der Waals surface area contributed by atoms with Gasteiger partial charge in [-0.2, -0.15) is 0 Å². The first-order valence-electron chi connectivity index (χ1n) is 3.58. The minimum absolute atomic E-state index is 0.149. The highest BCUT2D eigenvalue weighted by Gasteiger charge is 2.07. The number of nitrogens with one attached hydrogen (secondary N) is 1. The third kappa shape index (κ3) is 5.82. The van der Waals surface area contributed by atoms with Crippen molar-refractivity contribution in [2.75, 3.05) is 20.8 Å². The van der Waals surface area contributed by atoms with Crippen molar-refractivity contribution in [3.8, 4) is 0 Å². The van der Waals surface area contributed by atoms with Gasteiger partial charge in [0.15, 0.2) is 0 Å². The van der Waals surface area contributed by atoms with E-state index in [0.29, 0.717) is 13.0 Å². The van der Waals surface area contributed by atoms with Crippen molar-refractivity contribution in [2.24, 2.45) is 0 Å². The molecule has 4 heteroatoms. The van der Waals surface area contributed by atoms with E-state index in [1.165, 1.54) is 0 Å². The fourth-order valence-corrected chi connectivity index (χ4v) is 0.810. The van der Waals surface area contributed by atoms with Gasteiger partial charge < -0.3 is 15.2 Å². The molecular weight excluding hydrogens is 146 g/mol. The van der Waals surface area contributed by atoms with E-state index in [0.717, 1.165) is 0 Å². The molecule has 0 fully saturated rings. The normalized spacial score (nSPS) is 12.9. The van der Waals surface area contributed by atoms with Crippen LogP contribution in [-0.2, 0) is 9.53 Å². The van der Waals surface area contributed by atoms with Crippen LogP contribution in [0.2, 0.25) is 0 Å². The highest BCUT2D eigenvalue weighted by Crippen LogP contribution is 1.96. The lowest BCUT2D eigenvalue weighted by Crippen LogP contribution is -2.30. The van der Waals surface area contributed by atoms with Crippen molar-refractivity contribution in [2.45, 2.75) is 18.9 Å². The number of likely N-dealkylation sites (N-methyl/N-ethyl adjacent to an activating group) is 1.